The van der Waals surface area contributed by atoms with Crippen molar-refractivity contribution in [2.24, 2.45) is 0 Å². The molecule has 9 nitrogen and oxygen atoms in total. The zero-order valence-electron chi connectivity index (χ0n) is 13.5. The molecule has 25 heavy (non-hydrogen) atoms. The topological polar surface area (TPSA) is 123 Å². The highest BCUT2D eigenvalue weighted by molar-refractivity contribution is 6.30. The van der Waals surface area contributed by atoms with E-state index in [0.29, 0.717) is 0 Å². The standard InChI is InChI=1S/C14H17Cl2N3O6/c1-6(20)23-4-9-12(24-7(2)21)10(16)14(25-9)19-5-18-11(13(19)17)8(22)3-15/h5,9-10,12,14H,3-4,17H2,1-2H3/t9-,10-,12-,14-/m1/s1. The third-order valence-electron chi connectivity index (χ3n) is 3.51. The molecule has 11 heteroatoms. The number of anilines is 1. The molecule has 0 radical (unpaired) electrons. The predicted molar refractivity (Wildman–Crippen MR) is 87.4 cm³/mol. The van der Waals surface area contributed by atoms with Crippen LogP contribution in [-0.4, -0.2) is 57.3 Å². The van der Waals surface area contributed by atoms with E-state index in [1.807, 2.05) is 0 Å². The van der Waals surface area contributed by atoms with Crippen LogP contribution >= 0.6 is 23.2 Å². The monoisotopic (exact) mass is 393 g/mol. The molecule has 1 aromatic rings. The second kappa shape index (κ2) is 8.03. The Bertz CT molecular complexity index is 680. The summed E-state index contributed by atoms with van der Waals surface area (Å²) in [5, 5.41) is -0.847. The number of hydrogen-bond acceptors (Lipinski definition) is 8. The van der Waals surface area contributed by atoms with Crippen LogP contribution in [0.1, 0.15) is 30.6 Å². The highest BCUT2D eigenvalue weighted by Gasteiger charge is 2.48. The molecule has 0 unspecified atom stereocenters. The molecule has 0 amide bonds. The number of ether oxygens (including phenoxy) is 3. The van der Waals surface area contributed by atoms with E-state index in [-0.39, 0.29) is 24.0 Å². The van der Waals surface area contributed by atoms with Gasteiger partial charge < -0.3 is 19.9 Å². The van der Waals surface area contributed by atoms with Gasteiger partial charge in [0.15, 0.2) is 18.1 Å². The number of halogens is 2. The molecule has 1 saturated heterocycles. The number of nitrogens with two attached hydrogens (primary N) is 1. The molecule has 0 bridgehead atoms. The molecule has 0 saturated carbocycles. The summed E-state index contributed by atoms with van der Waals surface area (Å²) in [6.07, 6.45) is -1.27. The quantitative estimate of drug-likeness (QED) is 0.429. The first-order valence-corrected chi connectivity index (χ1v) is 8.25. The van der Waals surface area contributed by atoms with Crippen molar-refractivity contribution in [1.29, 1.82) is 0 Å². The number of Topliss-reactive ketones (excluding diaryl/α,β-unsaturated/α-hetero) is 1. The number of imidazole rings is 1. The number of carbonyl (C=O) groups excluding carboxylic acids is 3. The Morgan fingerprint density at radius 3 is 2.60 bits per heavy atom. The van der Waals surface area contributed by atoms with E-state index in [2.05, 4.69) is 4.98 Å². The normalized spacial score (nSPS) is 25.6. The molecule has 1 fully saturated rings. The Kier molecular flexibility index (Phi) is 6.26. The minimum Gasteiger partial charge on any atom is -0.463 e. The summed E-state index contributed by atoms with van der Waals surface area (Å²) < 4.78 is 17.2. The average molecular weight is 394 g/mol. The summed E-state index contributed by atoms with van der Waals surface area (Å²) in [5.41, 5.74) is 5.92. The van der Waals surface area contributed by atoms with Gasteiger partial charge in [0.2, 0.25) is 0 Å². The lowest BCUT2D eigenvalue weighted by Crippen LogP contribution is -2.35. The lowest BCUT2D eigenvalue weighted by molar-refractivity contribution is -0.155. The van der Waals surface area contributed by atoms with Gasteiger partial charge in [-0.3, -0.25) is 19.0 Å². The lowest BCUT2D eigenvalue weighted by atomic mass is 10.1. The van der Waals surface area contributed by atoms with E-state index in [9.17, 15) is 14.4 Å². The third-order valence-corrected chi connectivity index (χ3v) is 4.22. The van der Waals surface area contributed by atoms with E-state index in [1.165, 1.54) is 24.7 Å². The first kappa shape index (κ1) is 19.5. The summed E-state index contributed by atoms with van der Waals surface area (Å²) in [6.45, 7) is 2.31. The maximum Gasteiger partial charge on any atom is 0.303 e. The zero-order chi connectivity index (χ0) is 18.7. The maximum atomic E-state index is 11.7. The molecule has 4 atom stereocenters. The first-order chi connectivity index (χ1) is 11.8. The van der Waals surface area contributed by atoms with Crippen molar-refractivity contribution in [3.05, 3.63) is 12.0 Å². The van der Waals surface area contributed by atoms with Crippen molar-refractivity contribution >= 4 is 46.7 Å². The smallest absolute Gasteiger partial charge is 0.303 e. The number of alkyl halides is 2. The van der Waals surface area contributed by atoms with Crippen LogP contribution in [-0.2, 0) is 23.8 Å². The first-order valence-electron chi connectivity index (χ1n) is 7.27. The molecular weight excluding hydrogens is 377 g/mol. The molecule has 2 rings (SSSR count). The fraction of sp³-hybridized carbons (Fsp3) is 0.571. The number of nitrogens with zero attached hydrogens (tertiary/aromatic N) is 2. The van der Waals surface area contributed by atoms with Crippen LogP contribution in [0.3, 0.4) is 0 Å². The molecule has 1 aliphatic rings. The van der Waals surface area contributed by atoms with Gasteiger partial charge in [0.1, 0.15) is 29.6 Å². The fourth-order valence-corrected chi connectivity index (χ4v) is 2.96. The van der Waals surface area contributed by atoms with E-state index < -0.39 is 41.5 Å². The summed E-state index contributed by atoms with van der Waals surface area (Å²) in [7, 11) is 0. The van der Waals surface area contributed by atoms with Crippen LogP contribution in [0.25, 0.3) is 0 Å². The van der Waals surface area contributed by atoms with Gasteiger partial charge in [-0.2, -0.15) is 0 Å². The Balaban J connectivity index is 2.26. The number of carbonyl (C=O) groups is 3. The van der Waals surface area contributed by atoms with E-state index in [1.54, 1.807) is 0 Å². The minimum absolute atomic E-state index is 0.00469. The van der Waals surface area contributed by atoms with Gasteiger partial charge in [0, 0.05) is 13.8 Å². The maximum absolute atomic E-state index is 11.7. The lowest BCUT2D eigenvalue weighted by Gasteiger charge is -2.19. The highest BCUT2D eigenvalue weighted by Crippen LogP contribution is 2.37. The Labute approximate surface area is 153 Å². The number of rotatable bonds is 6. The molecule has 0 aromatic carbocycles. The zero-order valence-corrected chi connectivity index (χ0v) is 15.0. The molecule has 1 aliphatic heterocycles. The minimum atomic E-state index is -0.879. The fourth-order valence-electron chi connectivity index (χ4n) is 2.44. The number of nitrogen functional groups attached to an aromatic ring is 1. The SMILES string of the molecule is CC(=O)OC[C@H]1O[C@@H](n2cnc(C(=O)CCl)c2N)[C@H](Cl)[C@@H]1OC(C)=O. The molecule has 0 aliphatic carbocycles. The summed E-state index contributed by atoms with van der Waals surface area (Å²) in [5.74, 6) is -1.78. The highest BCUT2D eigenvalue weighted by atomic mass is 35.5. The van der Waals surface area contributed by atoms with Crippen LogP contribution in [0.5, 0.6) is 0 Å². The van der Waals surface area contributed by atoms with Gasteiger partial charge in [-0.25, -0.2) is 4.98 Å². The van der Waals surface area contributed by atoms with Crippen molar-refractivity contribution in [3.8, 4) is 0 Å². The number of hydrogen-bond donors (Lipinski definition) is 1. The second-order valence-corrected chi connectivity index (χ2v) is 6.10. The van der Waals surface area contributed by atoms with Crippen LogP contribution < -0.4 is 5.73 Å². The van der Waals surface area contributed by atoms with Gasteiger partial charge in [0.25, 0.3) is 0 Å². The summed E-state index contributed by atoms with van der Waals surface area (Å²) >= 11 is 11.9. The van der Waals surface area contributed by atoms with E-state index in [0.717, 1.165) is 0 Å². The predicted octanol–water partition coefficient (Wildman–Crippen LogP) is 0.886. The Morgan fingerprint density at radius 1 is 1.36 bits per heavy atom. The molecule has 2 N–H and O–H groups in total. The Hall–Kier alpha value is -1.84. The second-order valence-electron chi connectivity index (χ2n) is 5.33. The third kappa shape index (κ3) is 4.23. The molecular formula is C14H17Cl2N3O6. The molecule has 1 aromatic heterocycles. The van der Waals surface area contributed by atoms with Crippen molar-refractivity contribution < 1.29 is 28.6 Å². The van der Waals surface area contributed by atoms with Crippen LogP contribution in [0.4, 0.5) is 5.82 Å². The number of aromatic nitrogens is 2. The van der Waals surface area contributed by atoms with Crippen molar-refractivity contribution in [2.45, 2.75) is 37.7 Å². The van der Waals surface area contributed by atoms with Crippen LogP contribution in [0.2, 0.25) is 0 Å². The number of esters is 2. The van der Waals surface area contributed by atoms with Gasteiger partial charge in [-0.15, -0.1) is 23.2 Å². The van der Waals surface area contributed by atoms with Crippen molar-refractivity contribution in [1.82, 2.24) is 9.55 Å². The summed E-state index contributed by atoms with van der Waals surface area (Å²) in [6, 6.07) is 0. The largest absolute Gasteiger partial charge is 0.463 e. The van der Waals surface area contributed by atoms with Gasteiger partial charge in [0.05, 0.1) is 12.2 Å². The Morgan fingerprint density at radius 2 is 2.04 bits per heavy atom. The average Bonchev–Trinajstić information content (AvgIpc) is 3.06. The van der Waals surface area contributed by atoms with Gasteiger partial charge in [-0.1, -0.05) is 0 Å². The summed E-state index contributed by atoms with van der Waals surface area (Å²) in [4.78, 5) is 38.0. The van der Waals surface area contributed by atoms with Gasteiger partial charge >= 0.3 is 11.9 Å². The van der Waals surface area contributed by atoms with E-state index in [4.69, 9.17) is 43.1 Å². The van der Waals surface area contributed by atoms with Crippen molar-refractivity contribution in [2.75, 3.05) is 18.2 Å². The van der Waals surface area contributed by atoms with Gasteiger partial charge in [-0.05, 0) is 0 Å². The molecule has 0 spiro atoms. The number of ketones is 1. The molecule has 138 valence electrons. The van der Waals surface area contributed by atoms with Crippen LogP contribution in [0, 0.1) is 0 Å². The van der Waals surface area contributed by atoms with Crippen molar-refractivity contribution in [3.63, 3.8) is 0 Å². The molecule has 2 heterocycles. The van der Waals surface area contributed by atoms with Crippen LogP contribution in [0.15, 0.2) is 6.33 Å². The van der Waals surface area contributed by atoms with E-state index >= 15 is 0 Å².